The first-order chi connectivity index (χ1) is 21.9. The molecule has 1 aromatic heterocycles. The highest BCUT2D eigenvalue weighted by atomic mass is 16.6. The average Bonchev–Trinajstić information content (AvgIpc) is 3.44. The zero-order valence-electron chi connectivity index (χ0n) is 25.0. The molecule has 3 atom stereocenters. The molecule has 5 rings (SSSR count). The van der Waals surface area contributed by atoms with E-state index in [9.17, 15) is 14.7 Å². The summed E-state index contributed by atoms with van der Waals surface area (Å²) >= 11 is 0. The molecule has 1 aliphatic heterocycles. The molecule has 2 N–H and O–H groups in total. The average molecular weight is 614 g/mol. The second kappa shape index (κ2) is 14.2. The minimum absolute atomic E-state index is 0.0123. The van der Waals surface area contributed by atoms with Gasteiger partial charge in [0, 0.05) is 12.6 Å². The number of aliphatic hydroxyl groups excluding tert-OH is 1. The summed E-state index contributed by atoms with van der Waals surface area (Å²) in [5.41, 5.74) is 0.759. The summed E-state index contributed by atoms with van der Waals surface area (Å²) in [6, 6.07) is 26.5. The highest BCUT2D eigenvalue weighted by Gasteiger charge is 2.42. The molecular formula is C34H35N3O8. The molecule has 1 amide bonds. The van der Waals surface area contributed by atoms with Crippen molar-refractivity contribution in [3.63, 3.8) is 0 Å². The second-order valence-electron chi connectivity index (χ2n) is 10.3. The second-order valence-corrected chi connectivity index (χ2v) is 10.3. The normalized spacial score (nSPS) is 17.8. The quantitative estimate of drug-likeness (QED) is 0.173. The van der Waals surface area contributed by atoms with Gasteiger partial charge in [0.2, 0.25) is 0 Å². The number of aliphatic hydroxyl groups is 1. The lowest BCUT2D eigenvalue weighted by Gasteiger charge is -2.37. The number of aromatic nitrogens is 2. The molecule has 11 heteroatoms. The van der Waals surface area contributed by atoms with E-state index in [0.717, 1.165) is 16.7 Å². The van der Waals surface area contributed by atoms with Crippen molar-refractivity contribution in [2.75, 3.05) is 32.8 Å². The Morgan fingerprint density at radius 3 is 2.16 bits per heavy atom. The first-order valence-electron chi connectivity index (χ1n) is 14.3. The van der Waals surface area contributed by atoms with Gasteiger partial charge in [-0.2, -0.15) is 4.98 Å². The Bertz CT molecular complexity index is 1590. The Morgan fingerprint density at radius 2 is 1.60 bits per heavy atom. The van der Waals surface area contributed by atoms with E-state index < -0.39 is 35.8 Å². The van der Waals surface area contributed by atoms with E-state index in [1.54, 1.807) is 14.2 Å². The van der Waals surface area contributed by atoms with Gasteiger partial charge >= 0.3 is 11.8 Å². The highest BCUT2D eigenvalue weighted by Crippen LogP contribution is 2.42. The smallest absolute Gasteiger partial charge is 0.413 e. The molecule has 234 valence electrons. The number of carbonyl (C=O) groups excluding carboxylic acids is 1. The van der Waals surface area contributed by atoms with E-state index in [1.165, 1.54) is 22.9 Å². The molecule has 0 radical (unpaired) electrons. The molecule has 0 unspecified atom stereocenters. The topological polar surface area (TPSA) is 130 Å². The van der Waals surface area contributed by atoms with Crippen molar-refractivity contribution in [3.05, 3.63) is 131 Å². The summed E-state index contributed by atoms with van der Waals surface area (Å²) in [6.45, 7) is 3.48. The third-order valence-corrected chi connectivity index (χ3v) is 7.54. The first kappa shape index (κ1) is 31.5. The van der Waals surface area contributed by atoms with Crippen LogP contribution in [-0.4, -0.2) is 60.4 Å². The summed E-state index contributed by atoms with van der Waals surface area (Å²) in [6.07, 6.45) is -0.272. The van der Waals surface area contributed by atoms with Gasteiger partial charge < -0.3 is 28.8 Å². The minimum Gasteiger partial charge on any atom is -0.497 e. The Hall–Kier alpha value is -4.97. The Balaban J connectivity index is 1.43. The zero-order chi connectivity index (χ0) is 31.8. The van der Waals surface area contributed by atoms with Gasteiger partial charge in [-0.3, -0.25) is 9.88 Å². The van der Waals surface area contributed by atoms with Crippen LogP contribution in [0.4, 0.5) is 10.6 Å². The molecule has 0 spiro atoms. The largest absolute Gasteiger partial charge is 0.497 e. The molecule has 0 bridgehead atoms. The summed E-state index contributed by atoms with van der Waals surface area (Å²) in [7, 11) is 3.22. The van der Waals surface area contributed by atoms with Gasteiger partial charge in [0.15, 0.2) is 0 Å². The Morgan fingerprint density at radius 1 is 1.00 bits per heavy atom. The van der Waals surface area contributed by atoms with Crippen molar-refractivity contribution in [2.24, 2.45) is 0 Å². The predicted molar refractivity (Wildman–Crippen MR) is 166 cm³/mol. The van der Waals surface area contributed by atoms with E-state index in [2.05, 4.69) is 16.9 Å². The molecule has 11 nitrogen and oxygen atoms in total. The van der Waals surface area contributed by atoms with Gasteiger partial charge in [-0.1, -0.05) is 67.3 Å². The molecule has 0 aliphatic carbocycles. The van der Waals surface area contributed by atoms with Gasteiger partial charge in [-0.25, -0.2) is 9.59 Å². The van der Waals surface area contributed by atoms with Crippen LogP contribution in [0.25, 0.3) is 0 Å². The van der Waals surface area contributed by atoms with Crippen molar-refractivity contribution in [2.45, 2.75) is 30.5 Å². The van der Waals surface area contributed by atoms with Crippen LogP contribution in [0.5, 0.6) is 11.5 Å². The number of hydrogen-bond donors (Lipinski definition) is 2. The van der Waals surface area contributed by atoms with Crippen LogP contribution < -0.4 is 20.5 Å². The predicted octanol–water partition coefficient (Wildman–Crippen LogP) is 4.65. The van der Waals surface area contributed by atoms with Crippen molar-refractivity contribution in [1.29, 1.82) is 0 Å². The zero-order valence-corrected chi connectivity index (χ0v) is 25.0. The van der Waals surface area contributed by atoms with Crippen LogP contribution in [0.2, 0.25) is 0 Å². The number of methoxy groups -OCH3 is 2. The van der Waals surface area contributed by atoms with Crippen LogP contribution >= 0.6 is 0 Å². The number of nitrogens with zero attached hydrogens (tertiary/aromatic N) is 2. The summed E-state index contributed by atoms with van der Waals surface area (Å²) in [5, 5.41) is 13.4. The fourth-order valence-corrected chi connectivity index (χ4v) is 5.29. The Labute approximate surface area is 260 Å². The third-order valence-electron chi connectivity index (χ3n) is 7.54. The number of amides is 1. The maximum atomic E-state index is 12.8. The standard InChI is InChI=1S/C34H35N3O8/c1-4-20-43-33(40)36-30-18-19-37(32(39)35-30)31-21-28(38)29(45-31)22-44-34(23-8-6-5-7-9-23,24-10-14-26(41-2)15-11-24)25-12-16-27(42-3)17-13-25/h4-19,28-29,31,38H,1,20-22H2,2-3H3,(H,35,36,39,40)/t28-,29+,31+/m0/s1. The molecule has 0 saturated carbocycles. The first-order valence-corrected chi connectivity index (χ1v) is 14.3. The van der Waals surface area contributed by atoms with Crippen LogP contribution in [0.1, 0.15) is 29.3 Å². The van der Waals surface area contributed by atoms with E-state index in [0.29, 0.717) is 11.5 Å². The van der Waals surface area contributed by atoms with Crippen molar-refractivity contribution in [1.82, 2.24) is 9.55 Å². The van der Waals surface area contributed by atoms with Crippen LogP contribution in [0.3, 0.4) is 0 Å². The molecule has 3 aromatic carbocycles. The fraction of sp³-hybridized carbons (Fsp3) is 0.265. The van der Waals surface area contributed by atoms with Crippen LogP contribution in [0.15, 0.2) is 109 Å². The molecule has 2 heterocycles. The minimum atomic E-state index is -1.10. The maximum absolute atomic E-state index is 12.8. The number of rotatable bonds is 12. The van der Waals surface area contributed by atoms with Crippen molar-refractivity contribution < 1.29 is 33.6 Å². The number of ether oxygens (including phenoxy) is 5. The number of anilines is 1. The lowest BCUT2D eigenvalue weighted by atomic mass is 9.80. The monoisotopic (exact) mass is 613 g/mol. The van der Waals surface area contributed by atoms with Gasteiger partial charge in [0.1, 0.15) is 41.9 Å². The summed E-state index contributed by atoms with van der Waals surface area (Å²) in [4.78, 5) is 28.6. The van der Waals surface area contributed by atoms with E-state index >= 15 is 0 Å². The molecular weight excluding hydrogens is 578 g/mol. The van der Waals surface area contributed by atoms with Crippen LogP contribution in [-0.2, 0) is 19.8 Å². The van der Waals surface area contributed by atoms with E-state index in [1.807, 2.05) is 78.9 Å². The highest BCUT2D eigenvalue weighted by molar-refractivity contribution is 5.83. The summed E-state index contributed by atoms with van der Waals surface area (Å²) < 4.78 is 30.0. The molecule has 4 aromatic rings. The van der Waals surface area contributed by atoms with Crippen LogP contribution in [0, 0.1) is 0 Å². The number of nitrogens with one attached hydrogen (secondary N) is 1. The SMILES string of the molecule is C=CCOC(=O)Nc1ccn([C@H]2C[C@H](O)[C@@H](COC(c3ccccc3)(c3ccc(OC)cc3)c3ccc(OC)cc3)O2)c(=O)n1. The fourth-order valence-electron chi connectivity index (χ4n) is 5.29. The lowest BCUT2D eigenvalue weighted by molar-refractivity contribution is -0.0944. The molecule has 45 heavy (non-hydrogen) atoms. The van der Waals surface area contributed by atoms with E-state index in [4.69, 9.17) is 23.7 Å². The van der Waals surface area contributed by atoms with Crippen molar-refractivity contribution in [3.8, 4) is 11.5 Å². The van der Waals surface area contributed by atoms with E-state index in [-0.39, 0.29) is 25.5 Å². The van der Waals surface area contributed by atoms with Gasteiger partial charge in [-0.05, 0) is 47.0 Å². The number of benzene rings is 3. The molecule has 1 fully saturated rings. The third kappa shape index (κ3) is 6.91. The van der Waals surface area contributed by atoms with Crippen molar-refractivity contribution >= 4 is 11.9 Å². The summed E-state index contributed by atoms with van der Waals surface area (Å²) in [5.74, 6) is 1.42. The van der Waals surface area contributed by atoms with Gasteiger partial charge in [0.25, 0.3) is 0 Å². The lowest BCUT2D eigenvalue weighted by Crippen LogP contribution is -2.38. The Kier molecular flexibility index (Phi) is 9.93. The number of hydrogen-bond acceptors (Lipinski definition) is 9. The molecule has 1 aliphatic rings. The van der Waals surface area contributed by atoms with Gasteiger partial charge in [-0.15, -0.1) is 0 Å². The molecule has 1 saturated heterocycles. The maximum Gasteiger partial charge on any atom is 0.413 e. The number of carbonyl (C=O) groups is 1. The van der Waals surface area contributed by atoms with Gasteiger partial charge in [0.05, 0.1) is 26.9 Å².